The van der Waals surface area contributed by atoms with Crippen molar-refractivity contribution in [2.75, 3.05) is 20.1 Å². The van der Waals surface area contributed by atoms with Crippen LogP contribution in [0, 0.1) is 19.8 Å². The molecule has 0 radical (unpaired) electrons. The first-order chi connectivity index (χ1) is 25.6. The third-order valence-corrected chi connectivity index (χ3v) is 8.55. The quantitative estimate of drug-likeness (QED) is 0.164. The van der Waals surface area contributed by atoms with Crippen LogP contribution >= 0.6 is 0 Å². The molecule has 2 aromatic carbocycles. The lowest BCUT2D eigenvalue weighted by Gasteiger charge is -2.13. The predicted octanol–water partition coefficient (Wildman–Crippen LogP) is 17.9. The zero-order valence-electron chi connectivity index (χ0n) is 40.1. The highest BCUT2D eigenvalue weighted by Crippen LogP contribution is 2.18. The van der Waals surface area contributed by atoms with Crippen molar-refractivity contribution in [3.8, 4) is 0 Å². The van der Waals surface area contributed by atoms with Crippen LogP contribution in [0.5, 0.6) is 0 Å². The lowest BCUT2D eigenvalue weighted by Crippen LogP contribution is -2.19. The van der Waals surface area contributed by atoms with Gasteiger partial charge < -0.3 is 4.90 Å². The molecule has 2 aromatic rings. The summed E-state index contributed by atoms with van der Waals surface area (Å²) in [5.41, 5.74) is 12.7. The van der Waals surface area contributed by atoms with E-state index in [9.17, 15) is 0 Å². The minimum atomic E-state index is 0.963. The average molecular weight is 746 g/mol. The largest absolute Gasteiger partial charge is 0.306 e. The molecule has 0 aromatic heterocycles. The van der Waals surface area contributed by atoms with Crippen LogP contribution in [-0.4, -0.2) is 25.0 Å². The highest BCUT2D eigenvalue weighted by molar-refractivity contribution is 5.64. The average Bonchev–Trinajstić information content (AvgIpc) is 3.14. The lowest BCUT2D eigenvalue weighted by atomic mass is 9.99. The maximum absolute atomic E-state index is 3.96. The maximum atomic E-state index is 3.96. The first-order valence-corrected chi connectivity index (χ1v) is 21.7. The molecular formula is C53H95N. The SMILES string of the molecule is C=C(C)/C=C(C)\C(C)=C/C.C=C(C)c1ccc(C)c(CCC)c1.C=C(C)c1ccccc1C.CC.CC.CCCC(C)CCC.CCCCN(C)CCC. The summed E-state index contributed by atoms with van der Waals surface area (Å²) < 4.78 is 0. The van der Waals surface area contributed by atoms with Crippen LogP contribution in [0.25, 0.3) is 11.1 Å². The van der Waals surface area contributed by atoms with Gasteiger partial charge in [0, 0.05) is 0 Å². The van der Waals surface area contributed by atoms with Crippen LogP contribution in [0.15, 0.2) is 91.1 Å². The minimum absolute atomic E-state index is 0.963. The fraction of sp³-hybridized carbons (Fsp3) is 0.585. The number of benzene rings is 2. The molecule has 0 aliphatic carbocycles. The monoisotopic (exact) mass is 746 g/mol. The first kappa shape index (κ1) is 60.4. The molecule has 0 atom stereocenters. The summed E-state index contributed by atoms with van der Waals surface area (Å²) in [6, 6.07) is 14.9. The van der Waals surface area contributed by atoms with Crippen LogP contribution in [-0.2, 0) is 6.42 Å². The third-order valence-electron chi connectivity index (χ3n) is 8.55. The molecule has 0 fully saturated rings. The second-order valence-electron chi connectivity index (χ2n) is 14.3. The van der Waals surface area contributed by atoms with Crippen molar-refractivity contribution >= 4 is 11.1 Å². The topological polar surface area (TPSA) is 3.24 Å². The highest BCUT2D eigenvalue weighted by atomic mass is 15.1. The van der Waals surface area contributed by atoms with Crippen LogP contribution < -0.4 is 0 Å². The van der Waals surface area contributed by atoms with Gasteiger partial charge in [-0.1, -0.05) is 204 Å². The van der Waals surface area contributed by atoms with Crippen LogP contribution in [0.4, 0.5) is 0 Å². The molecular weight excluding hydrogens is 651 g/mol. The molecule has 2 rings (SSSR count). The number of hydrogen-bond donors (Lipinski definition) is 0. The second kappa shape index (κ2) is 42.8. The van der Waals surface area contributed by atoms with Gasteiger partial charge in [-0.3, -0.25) is 0 Å². The minimum Gasteiger partial charge on any atom is -0.306 e. The molecule has 0 aliphatic rings. The van der Waals surface area contributed by atoms with Crippen molar-refractivity contribution in [2.24, 2.45) is 5.92 Å². The van der Waals surface area contributed by atoms with E-state index < -0.39 is 0 Å². The molecule has 1 nitrogen and oxygen atoms in total. The lowest BCUT2D eigenvalue weighted by molar-refractivity contribution is 0.329. The molecule has 0 unspecified atom stereocenters. The van der Waals surface area contributed by atoms with E-state index in [1.54, 1.807) is 0 Å². The molecule has 0 saturated carbocycles. The Morgan fingerprint density at radius 1 is 0.667 bits per heavy atom. The zero-order valence-corrected chi connectivity index (χ0v) is 40.1. The van der Waals surface area contributed by atoms with E-state index in [-0.39, 0.29) is 0 Å². The Bertz CT molecular complexity index is 1230. The Labute approximate surface area is 342 Å². The van der Waals surface area contributed by atoms with E-state index in [4.69, 9.17) is 0 Å². The number of allylic oxidation sites excluding steroid dienone is 7. The third kappa shape index (κ3) is 37.4. The number of unbranched alkanes of at least 4 members (excludes halogenated alkanes) is 1. The van der Waals surface area contributed by atoms with E-state index in [1.807, 2.05) is 60.6 Å². The molecule has 0 heterocycles. The summed E-state index contributed by atoms with van der Waals surface area (Å²) in [7, 11) is 2.19. The molecule has 1 heteroatoms. The Hall–Kier alpha value is -2.90. The molecule has 0 aliphatic heterocycles. The van der Waals surface area contributed by atoms with E-state index in [1.165, 1.54) is 110 Å². The van der Waals surface area contributed by atoms with E-state index in [0.29, 0.717) is 0 Å². The Morgan fingerprint density at radius 3 is 1.57 bits per heavy atom. The number of nitrogens with zero attached hydrogens (tertiary/aromatic N) is 1. The van der Waals surface area contributed by atoms with Gasteiger partial charge in [-0.05, 0) is 134 Å². The van der Waals surface area contributed by atoms with Gasteiger partial charge in [0.05, 0.1) is 0 Å². The van der Waals surface area contributed by atoms with E-state index in [2.05, 4.69) is 150 Å². The van der Waals surface area contributed by atoms with Gasteiger partial charge in [-0.2, -0.15) is 0 Å². The molecule has 312 valence electrons. The summed E-state index contributed by atoms with van der Waals surface area (Å²) >= 11 is 0. The molecule has 0 N–H and O–H groups in total. The van der Waals surface area contributed by atoms with Gasteiger partial charge in [0.25, 0.3) is 0 Å². The van der Waals surface area contributed by atoms with Crippen molar-refractivity contribution in [2.45, 2.75) is 182 Å². The van der Waals surface area contributed by atoms with Crippen molar-refractivity contribution in [3.05, 3.63) is 119 Å². The number of rotatable bonds is 15. The van der Waals surface area contributed by atoms with Crippen LogP contribution in [0.2, 0.25) is 0 Å². The second-order valence-corrected chi connectivity index (χ2v) is 14.3. The normalized spacial score (nSPS) is 10.2. The predicted molar refractivity (Wildman–Crippen MR) is 258 cm³/mol. The van der Waals surface area contributed by atoms with Gasteiger partial charge >= 0.3 is 0 Å². The summed E-state index contributed by atoms with van der Waals surface area (Å²) in [6.07, 6.45) is 16.0. The number of aryl methyl sites for hydroxylation is 3. The van der Waals surface area contributed by atoms with Gasteiger partial charge in [-0.15, -0.1) is 0 Å². The smallest absolute Gasteiger partial charge is 0.00219 e. The fourth-order valence-corrected chi connectivity index (χ4v) is 5.29. The molecule has 0 spiro atoms. The maximum Gasteiger partial charge on any atom is -0.00219 e. The summed E-state index contributed by atoms with van der Waals surface area (Å²) in [6.45, 7) is 52.3. The fourth-order valence-electron chi connectivity index (χ4n) is 5.29. The molecule has 0 saturated heterocycles. The Morgan fingerprint density at radius 2 is 1.20 bits per heavy atom. The van der Waals surface area contributed by atoms with Crippen LogP contribution in [0.3, 0.4) is 0 Å². The highest BCUT2D eigenvalue weighted by Gasteiger charge is 2.00. The Balaban J connectivity index is -0.000000182. The van der Waals surface area contributed by atoms with Gasteiger partial charge in [-0.25, -0.2) is 0 Å². The molecule has 54 heavy (non-hydrogen) atoms. The first-order valence-electron chi connectivity index (χ1n) is 21.7. The molecule has 0 amide bonds. The van der Waals surface area contributed by atoms with Gasteiger partial charge in [0.1, 0.15) is 0 Å². The van der Waals surface area contributed by atoms with Crippen molar-refractivity contribution in [1.82, 2.24) is 4.90 Å². The summed E-state index contributed by atoms with van der Waals surface area (Å²) in [4.78, 5) is 2.39. The zero-order chi connectivity index (χ0) is 43.1. The van der Waals surface area contributed by atoms with Gasteiger partial charge in [0.15, 0.2) is 0 Å². The number of hydrogen-bond acceptors (Lipinski definition) is 1. The van der Waals surface area contributed by atoms with Crippen LogP contribution in [0.1, 0.15) is 190 Å². The van der Waals surface area contributed by atoms with Crippen molar-refractivity contribution in [3.63, 3.8) is 0 Å². The summed E-state index contributed by atoms with van der Waals surface area (Å²) in [5, 5.41) is 0. The van der Waals surface area contributed by atoms with E-state index >= 15 is 0 Å². The van der Waals surface area contributed by atoms with E-state index in [0.717, 1.165) is 22.6 Å². The summed E-state index contributed by atoms with van der Waals surface area (Å²) in [5.74, 6) is 0.963. The molecule has 0 bridgehead atoms. The van der Waals surface area contributed by atoms with Crippen molar-refractivity contribution < 1.29 is 0 Å². The van der Waals surface area contributed by atoms with Crippen molar-refractivity contribution in [1.29, 1.82) is 0 Å². The Kier molecular flexibility index (Phi) is 47.9. The standard InChI is InChI=1S/C13H18.C10H12.C10H16.C8H19N.C8H18.2C2H6/c1-5-6-13-9-12(10(2)3)8-7-11(13)4;1-8(2)10-7-5-4-6-9(10)3;1-6-9(4)10(5)7-8(2)3;1-4-6-8-9(3)7-5-2;1-4-6-8(3)7-5-2;2*1-2/h7-9H,2,5-6H2,1,3-4H3;4-7H,1H2,2-3H3;6-7H,2H2,1,3-5H3;4-8H2,1-3H3;8H,4-7H2,1-3H3;2*1-2H3/b;;9-6-,10-7-;;;;. The van der Waals surface area contributed by atoms with Gasteiger partial charge in [0.2, 0.25) is 0 Å².